The first-order chi connectivity index (χ1) is 8.27. The lowest BCUT2D eigenvalue weighted by molar-refractivity contribution is 0.0847. The molecular formula is C14H19Cl2NO. The number of Topliss-reactive ketones (excluding diaryl/α,β-unsaturated/α-hetero) is 1. The first kappa shape index (κ1) is 15.5. The van der Waals surface area contributed by atoms with E-state index in [2.05, 4.69) is 25.7 Å². The average molecular weight is 288 g/mol. The molecule has 0 saturated carbocycles. The Balaban J connectivity index is 2.80. The summed E-state index contributed by atoms with van der Waals surface area (Å²) in [4.78, 5) is 14.2. The summed E-state index contributed by atoms with van der Waals surface area (Å²) < 4.78 is 0. The molecule has 1 aromatic rings. The molecule has 0 N–H and O–H groups in total. The van der Waals surface area contributed by atoms with Crippen molar-refractivity contribution in [1.29, 1.82) is 0 Å². The standard InChI is InChI=1S/C14H19Cl2NO/c1-5-14(2,3)17(4)9-13(18)10-6-7-11(15)12(16)8-10/h6-8H,5,9H2,1-4H3. The molecule has 100 valence electrons. The zero-order valence-electron chi connectivity index (χ0n) is 11.3. The van der Waals surface area contributed by atoms with Gasteiger partial charge in [0.1, 0.15) is 0 Å². The number of carbonyl (C=O) groups is 1. The molecule has 1 rings (SSSR count). The fraction of sp³-hybridized carbons (Fsp3) is 0.500. The van der Waals surface area contributed by atoms with E-state index in [1.807, 2.05) is 7.05 Å². The predicted octanol–water partition coefficient (Wildman–Crippen LogP) is 4.30. The average Bonchev–Trinajstić information content (AvgIpc) is 2.32. The molecular weight excluding hydrogens is 269 g/mol. The third-order valence-electron chi connectivity index (χ3n) is 3.52. The Kier molecular flexibility index (Phi) is 5.20. The number of benzene rings is 1. The summed E-state index contributed by atoms with van der Waals surface area (Å²) >= 11 is 11.7. The van der Waals surface area contributed by atoms with Gasteiger partial charge in [-0.2, -0.15) is 0 Å². The third kappa shape index (κ3) is 3.71. The number of rotatable bonds is 5. The van der Waals surface area contributed by atoms with Crippen LogP contribution in [0.5, 0.6) is 0 Å². The Hall–Kier alpha value is -0.570. The number of carbonyl (C=O) groups excluding carboxylic acids is 1. The summed E-state index contributed by atoms with van der Waals surface area (Å²) in [7, 11) is 1.96. The first-order valence-electron chi connectivity index (χ1n) is 5.97. The van der Waals surface area contributed by atoms with E-state index in [4.69, 9.17) is 23.2 Å². The SMILES string of the molecule is CCC(C)(C)N(C)CC(=O)c1ccc(Cl)c(Cl)c1. The molecule has 0 aliphatic heterocycles. The zero-order valence-corrected chi connectivity index (χ0v) is 12.8. The maximum Gasteiger partial charge on any atom is 0.176 e. The quantitative estimate of drug-likeness (QED) is 0.753. The summed E-state index contributed by atoms with van der Waals surface area (Å²) in [5.74, 6) is 0.0533. The third-order valence-corrected chi connectivity index (χ3v) is 4.26. The molecule has 0 aliphatic rings. The molecule has 0 spiro atoms. The van der Waals surface area contributed by atoms with E-state index in [-0.39, 0.29) is 11.3 Å². The summed E-state index contributed by atoms with van der Waals surface area (Å²) in [5.41, 5.74) is 0.606. The van der Waals surface area contributed by atoms with Crippen LogP contribution in [0.2, 0.25) is 10.0 Å². The van der Waals surface area contributed by atoms with E-state index in [1.165, 1.54) is 0 Å². The van der Waals surface area contributed by atoms with Gasteiger partial charge in [0.2, 0.25) is 0 Å². The van der Waals surface area contributed by atoms with Crippen LogP contribution in [0.3, 0.4) is 0 Å². The highest BCUT2D eigenvalue weighted by Gasteiger charge is 2.23. The van der Waals surface area contributed by atoms with Gasteiger partial charge >= 0.3 is 0 Å². The second kappa shape index (κ2) is 6.05. The molecule has 4 heteroatoms. The van der Waals surface area contributed by atoms with E-state index >= 15 is 0 Å². The number of hydrogen-bond acceptors (Lipinski definition) is 2. The molecule has 1 aromatic carbocycles. The van der Waals surface area contributed by atoms with Crippen LogP contribution < -0.4 is 0 Å². The minimum atomic E-state index is 0.00583. The second-order valence-corrected chi connectivity index (χ2v) is 5.89. The van der Waals surface area contributed by atoms with Crippen LogP contribution in [0.1, 0.15) is 37.6 Å². The Morgan fingerprint density at radius 2 is 1.89 bits per heavy atom. The van der Waals surface area contributed by atoms with Gasteiger partial charge in [-0.1, -0.05) is 30.1 Å². The van der Waals surface area contributed by atoms with Crippen molar-refractivity contribution in [2.24, 2.45) is 0 Å². The van der Waals surface area contributed by atoms with Crippen molar-refractivity contribution in [2.45, 2.75) is 32.7 Å². The molecule has 0 atom stereocenters. The van der Waals surface area contributed by atoms with E-state index in [0.717, 1.165) is 6.42 Å². The van der Waals surface area contributed by atoms with Crippen LogP contribution in [0.15, 0.2) is 18.2 Å². The van der Waals surface area contributed by atoms with Crippen molar-refractivity contribution in [1.82, 2.24) is 4.90 Å². The number of halogens is 2. The molecule has 0 fully saturated rings. The fourth-order valence-corrected chi connectivity index (χ4v) is 1.76. The van der Waals surface area contributed by atoms with Crippen LogP contribution >= 0.6 is 23.2 Å². The minimum absolute atomic E-state index is 0.00583. The topological polar surface area (TPSA) is 20.3 Å². The van der Waals surface area contributed by atoms with E-state index < -0.39 is 0 Å². The summed E-state index contributed by atoms with van der Waals surface area (Å²) in [6.07, 6.45) is 0.984. The highest BCUT2D eigenvalue weighted by molar-refractivity contribution is 6.42. The van der Waals surface area contributed by atoms with Gasteiger partial charge in [-0.15, -0.1) is 0 Å². The van der Waals surface area contributed by atoms with Crippen LogP contribution in [-0.2, 0) is 0 Å². The number of hydrogen-bond donors (Lipinski definition) is 0. The summed E-state index contributed by atoms with van der Waals surface area (Å²) in [5, 5.41) is 0.885. The molecule has 2 nitrogen and oxygen atoms in total. The molecule has 0 aromatic heterocycles. The van der Waals surface area contributed by atoms with Crippen LogP contribution in [0.4, 0.5) is 0 Å². The minimum Gasteiger partial charge on any atom is -0.294 e. The van der Waals surface area contributed by atoms with Gasteiger partial charge in [-0.25, -0.2) is 0 Å². The smallest absolute Gasteiger partial charge is 0.176 e. The largest absolute Gasteiger partial charge is 0.294 e. The van der Waals surface area contributed by atoms with Crippen molar-refractivity contribution in [3.8, 4) is 0 Å². The zero-order chi connectivity index (χ0) is 13.9. The lowest BCUT2D eigenvalue weighted by Crippen LogP contribution is -2.43. The molecule has 18 heavy (non-hydrogen) atoms. The van der Waals surface area contributed by atoms with Crippen molar-refractivity contribution in [3.63, 3.8) is 0 Å². The van der Waals surface area contributed by atoms with E-state index in [0.29, 0.717) is 22.2 Å². The lowest BCUT2D eigenvalue weighted by Gasteiger charge is -2.34. The highest BCUT2D eigenvalue weighted by Crippen LogP contribution is 2.23. The second-order valence-electron chi connectivity index (χ2n) is 5.07. The molecule has 0 radical (unpaired) electrons. The Morgan fingerprint density at radius 1 is 1.28 bits per heavy atom. The first-order valence-corrected chi connectivity index (χ1v) is 6.73. The number of nitrogens with zero attached hydrogens (tertiary/aromatic N) is 1. The number of ketones is 1. The lowest BCUT2D eigenvalue weighted by atomic mass is 9.99. The number of likely N-dealkylation sites (N-methyl/N-ethyl adjacent to an activating group) is 1. The van der Waals surface area contributed by atoms with Gasteiger partial charge in [0.25, 0.3) is 0 Å². The molecule has 0 heterocycles. The Labute approximate surface area is 119 Å². The van der Waals surface area contributed by atoms with Gasteiger partial charge in [0.05, 0.1) is 16.6 Å². The van der Waals surface area contributed by atoms with Gasteiger partial charge in [-0.3, -0.25) is 9.69 Å². The van der Waals surface area contributed by atoms with Crippen molar-refractivity contribution in [3.05, 3.63) is 33.8 Å². The normalized spacial score (nSPS) is 11.9. The molecule has 0 amide bonds. The van der Waals surface area contributed by atoms with E-state index in [1.54, 1.807) is 18.2 Å². The molecule has 0 bridgehead atoms. The van der Waals surface area contributed by atoms with Crippen LogP contribution in [0.25, 0.3) is 0 Å². The monoisotopic (exact) mass is 287 g/mol. The molecule has 0 aliphatic carbocycles. The highest BCUT2D eigenvalue weighted by atomic mass is 35.5. The van der Waals surface area contributed by atoms with Gasteiger partial charge in [-0.05, 0) is 45.5 Å². The van der Waals surface area contributed by atoms with Crippen LogP contribution in [-0.4, -0.2) is 29.8 Å². The van der Waals surface area contributed by atoms with Gasteiger partial charge < -0.3 is 0 Å². The molecule has 0 saturated heterocycles. The molecule has 0 unspecified atom stereocenters. The Morgan fingerprint density at radius 3 is 2.39 bits per heavy atom. The predicted molar refractivity (Wildman–Crippen MR) is 77.8 cm³/mol. The maximum absolute atomic E-state index is 12.1. The van der Waals surface area contributed by atoms with Gasteiger partial charge in [0, 0.05) is 11.1 Å². The fourth-order valence-electron chi connectivity index (χ4n) is 1.46. The van der Waals surface area contributed by atoms with Crippen LogP contribution in [0, 0.1) is 0 Å². The van der Waals surface area contributed by atoms with Gasteiger partial charge in [0.15, 0.2) is 5.78 Å². The summed E-state index contributed by atoms with van der Waals surface area (Å²) in [6, 6.07) is 4.99. The van der Waals surface area contributed by atoms with Crippen molar-refractivity contribution >= 4 is 29.0 Å². The Bertz CT molecular complexity index is 443. The maximum atomic E-state index is 12.1. The van der Waals surface area contributed by atoms with E-state index in [9.17, 15) is 4.79 Å². The van der Waals surface area contributed by atoms with Crippen molar-refractivity contribution < 1.29 is 4.79 Å². The van der Waals surface area contributed by atoms with Crippen molar-refractivity contribution in [2.75, 3.05) is 13.6 Å². The summed E-state index contributed by atoms with van der Waals surface area (Å²) in [6.45, 7) is 6.73.